The van der Waals surface area contributed by atoms with Crippen LogP contribution in [0, 0.1) is 13.8 Å². The number of aromatic nitrogens is 1. The van der Waals surface area contributed by atoms with E-state index in [0.717, 1.165) is 11.3 Å². The third-order valence-electron chi connectivity index (χ3n) is 3.18. The summed E-state index contributed by atoms with van der Waals surface area (Å²) in [5, 5.41) is 9.12. The van der Waals surface area contributed by atoms with Gasteiger partial charge in [0.25, 0.3) is 0 Å². The van der Waals surface area contributed by atoms with Crippen LogP contribution in [0.4, 0.5) is 13.6 Å². The molecule has 0 bridgehead atoms. The Hall–Kier alpha value is -2.64. The molecule has 2 amide bonds. The van der Waals surface area contributed by atoms with E-state index in [1.165, 1.54) is 12.1 Å². The van der Waals surface area contributed by atoms with Crippen LogP contribution in [0.5, 0.6) is 5.75 Å². The molecule has 0 aliphatic rings. The molecule has 2 N–H and O–H groups in total. The Morgan fingerprint density at radius 2 is 2.04 bits per heavy atom. The third kappa shape index (κ3) is 4.94. The zero-order chi connectivity index (χ0) is 16.8. The number of ether oxygens (including phenoxy) is 1. The molecular weight excluding hydrogens is 308 g/mol. The minimum atomic E-state index is -2.88. The third-order valence-corrected chi connectivity index (χ3v) is 3.18. The largest absolute Gasteiger partial charge is 0.435 e. The fraction of sp³-hybridized carbons (Fsp3) is 0.333. The van der Waals surface area contributed by atoms with Gasteiger partial charge in [-0.15, -0.1) is 0 Å². The van der Waals surface area contributed by atoms with Gasteiger partial charge >= 0.3 is 12.6 Å². The Bertz CT molecular complexity index is 654. The van der Waals surface area contributed by atoms with Crippen LogP contribution in [0.1, 0.15) is 22.6 Å². The Labute approximate surface area is 131 Å². The summed E-state index contributed by atoms with van der Waals surface area (Å²) in [4.78, 5) is 11.8. The van der Waals surface area contributed by atoms with Crippen LogP contribution >= 0.6 is 0 Å². The van der Waals surface area contributed by atoms with Crippen molar-refractivity contribution in [2.75, 3.05) is 0 Å². The Morgan fingerprint density at radius 1 is 1.30 bits per heavy atom. The molecule has 0 spiro atoms. The topological polar surface area (TPSA) is 76.4 Å². The fourth-order valence-corrected chi connectivity index (χ4v) is 2.00. The Morgan fingerprint density at radius 3 is 2.70 bits per heavy atom. The van der Waals surface area contributed by atoms with Gasteiger partial charge in [0.05, 0.1) is 5.69 Å². The van der Waals surface area contributed by atoms with Crippen molar-refractivity contribution in [1.29, 1.82) is 0 Å². The highest BCUT2D eigenvalue weighted by Crippen LogP contribution is 2.16. The Kier molecular flexibility index (Phi) is 5.51. The summed E-state index contributed by atoms with van der Waals surface area (Å²) in [5.74, 6) is 0.704. The van der Waals surface area contributed by atoms with Crippen LogP contribution in [-0.4, -0.2) is 17.8 Å². The van der Waals surface area contributed by atoms with Crippen LogP contribution in [0.2, 0.25) is 0 Å². The average molecular weight is 325 g/mol. The lowest BCUT2D eigenvalue weighted by molar-refractivity contribution is -0.0498. The molecule has 8 heteroatoms. The lowest BCUT2D eigenvalue weighted by atomic mass is 10.2. The first-order valence-corrected chi connectivity index (χ1v) is 6.93. The normalized spacial score (nSPS) is 10.7. The van der Waals surface area contributed by atoms with Crippen molar-refractivity contribution < 1.29 is 22.8 Å². The first-order valence-electron chi connectivity index (χ1n) is 6.93. The molecule has 0 atom stereocenters. The number of benzene rings is 1. The van der Waals surface area contributed by atoms with Gasteiger partial charge in [-0.2, -0.15) is 8.78 Å². The lowest BCUT2D eigenvalue weighted by Gasteiger charge is -2.09. The zero-order valence-corrected chi connectivity index (χ0v) is 12.7. The van der Waals surface area contributed by atoms with Crippen molar-refractivity contribution in [3.63, 3.8) is 0 Å². The minimum Gasteiger partial charge on any atom is -0.435 e. The summed E-state index contributed by atoms with van der Waals surface area (Å²) in [6.45, 7) is 1.16. The van der Waals surface area contributed by atoms with Crippen LogP contribution in [-0.2, 0) is 13.1 Å². The van der Waals surface area contributed by atoms with Crippen molar-refractivity contribution in [3.05, 3.63) is 46.8 Å². The first kappa shape index (κ1) is 16.7. The Balaban J connectivity index is 1.82. The maximum absolute atomic E-state index is 12.2. The summed E-state index contributed by atoms with van der Waals surface area (Å²) in [6.07, 6.45) is 0. The molecule has 0 aliphatic carbocycles. The molecule has 0 aliphatic heterocycles. The number of hydrogen-bond acceptors (Lipinski definition) is 4. The van der Waals surface area contributed by atoms with E-state index in [9.17, 15) is 13.6 Å². The number of carbonyl (C=O) groups is 1. The molecule has 6 nitrogen and oxygen atoms in total. The van der Waals surface area contributed by atoms with Crippen molar-refractivity contribution in [1.82, 2.24) is 15.8 Å². The van der Waals surface area contributed by atoms with Crippen LogP contribution < -0.4 is 15.4 Å². The van der Waals surface area contributed by atoms with E-state index in [-0.39, 0.29) is 18.3 Å². The molecule has 1 aromatic carbocycles. The van der Waals surface area contributed by atoms with Crippen LogP contribution in [0.15, 0.2) is 28.8 Å². The average Bonchev–Trinajstić information content (AvgIpc) is 2.81. The van der Waals surface area contributed by atoms with Crippen molar-refractivity contribution in [2.45, 2.75) is 33.5 Å². The monoisotopic (exact) mass is 325 g/mol. The van der Waals surface area contributed by atoms with Crippen molar-refractivity contribution >= 4 is 6.03 Å². The van der Waals surface area contributed by atoms with E-state index in [1.807, 2.05) is 0 Å². The number of aryl methyl sites for hydroxylation is 2. The highest BCUT2D eigenvalue weighted by atomic mass is 19.3. The van der Waals surface area contributed by atoms with Gasteiger partial charge in [-0.1, -0.05) is 17.3 Å². The highest BCUT2D eigenvalue weighted by Gasteiger charge is 2.10. The summed E-state index contributed by atoms with van der Waals surface area (Å²) >= 11 is 0. The molecule has 0 saturated carbocycles. The number of nitrogens with zero attached hydrogens (tertiary/aromatic N) is 1. The van der Waals surface area contributed by atoms with Gasteiger partial charge < -0.3 is 19.9 Å². The van der Waals surface area contributed by atoms with Crippen LogP contribution in [0.25, 0.3) is 0 Å². The van der Waals surface area contributed by atoms with Gasteiger partial charge in [0.1, 0.15) is 11.5 Å². The second kappa shape index (κ2) is 7.57. The first-order chi connectivity index (χ1) is 11.0. The van der Waals surface area contributed by atoms with E-state index in [4.69, 9.17) is 4.52 Å². The summed E-state index contributed by atoms with van der Waals surface area (Å²) in [6, 6.07) is 5.77. The molecule has 1 aromatic heterocycles. The number of carbonyl (C=O) groups excluding carboxylic acids is 1. The summed E-state index contributed by atoms with van der Waals surface area (Å²) in [5.41, 5.74) is 2.20. The molecule has 0 saturated heterocycles. The molecule has 2 aromatic rings. The van der Waals surface area contributed by atoms with Gasteiger partial charge in [0.15, 0.2) is 0 Å². The number of amides is 2. The predicted molar refractivity (Wildman–Crippen MR) is 78.1 cm³/mol. The van der Waals surface area contributed by atoms with E-state index in [0.29, 0.717) is 17.9 Å². The maximum Gasteiger partial charge on any atom is 0.387 e. The van der Waals surface area contributed by atoms with E-state index in [1.54, 1.807) is 26.0 Å². The standard InChI is InChI=1S/C15H17F2N3O3/c1-9-13(10(2)23-20-9)8-19-15(21)18-7-11-4-3-5-12(6-11)22-14(16)17/h3-6,14H,7-8H2,1-2H3,(H2,18,19,21). The maximum atomic E-state index is 12.2. The van der Waals surface area contributed by atoms with Gasteiger partial charge in [0.2, 0.25) is 0 Å². The number of urea groups is 1. The molecule has 0 unspecified atom stereocenters. The van der Waals surface area contributed by atoms with E-state index in [2.05, 4.69) is 20.5 Å². The molecular formula is C15H17F2N3O3. The lowest BCUT2D eigenvalue weighted by Crippen LogP contribution is -2.34. The highest BCUT2D eigenvalue weighted by molar-refractivity contribution is 5.73. The molecule has 0 fully saturated rings. The smallest absolute Gasteiger partial charge is 0.387 e. The van der Waals surface area contributed by atoms with Gasteiger partial charge in [-0.05, 0) is 31.5 Å². The minimum absolute atomic E-state index is 0.0513. The van der Waals surface area contributed by atoms with Gasteiger partial charge in [0, 0.05) is 18.7 Å². The SMILES string of the molecule is Cc1noc(C)c1CNC(=O)NCc1cccc(OC(F)F)c1. The molecule has 1 heterocycles. The molecule has 124 valence electrons. The van der Waals surface area contributed by atoms with Gasteiger partial charge in [-0.25, -0.2) is 4.79 Å². The quantitative estimate of drug-likeness (QED) is 0.856. The molecule has 23 heavy (non-hydrogen) atoms. The van der Waals surface area contributed by atoms with Crippen LogP contribution in [0.3, 0.4) is 0 Å². The van der Waals surface area contributed by atoms with Gasteiger partial charge in [-0.3, -0.25) is 0 Å². The summed E-state index contributed by atoms with van der Waals surface area (Å²) < 4.78 is 33.6. The van der Waals surface area contributed by atoms with Crippen molar-refractivity contribution in [3.8, 4) is 5.75 Å². The second-order valence-electron chi connectivity index (χ2n) is 4.86. The number of hydrogen-bond donors (Lipinski definition) is 2. The number of halogens is 2. The summed E-state index contributed by atoms with van der Waals surface area (Å²) in [7, 11) is 0. The predicted octanol–water partition coefficient (Wildman–Crippen LogP) is 2.89. The number of rotatable bonds is 6. The van der Waals surface area contributed by atoms with E-state index >= 15 is 0 Å². The second-order valence-corrected chi connectivity index (χ2v) is 4.86. The number of alkyl halides is 2. The fourth-order valence-electron chi connectivity index (χ4n) is 2.00. The number of nitrogens with one attached hydrogen (secondary N) is 2. The van der Waals surface area contributed by atoms with Crippen molar-refractivity contribution in [2.24, 2.45) is 0 Å². The van der Waals surface area contributed by atoms with E-state index < -0.39 is 6.61 Å². The molecule has 2 rings (SSSR count). The molecule has 0 radical (unpaired) electrons. The zero-order valence-electron chi connectivity index (χ0n) is 12.7.